The number of unbranched alkanes of at least 4 members (excludes halogenated alkanes) is 4. The molecule has 2 aromatic carbocycles. The Bertz CT molecular complexity index is 820. The topological polar surface area (TPSA) is 49.9 Å². The van der Waals surface area contributed by atoms with Gasteiger partial charge in [0.15, 0.2) is 0 Å². The van der Waals surface area contributed by atoms with Gasteiger partial charge in [-0.15, -0.1) is 0 Å². The van der Waals surface area contributed by atoms with E-state index in [4.69, 9.17) is 0 Å². The third kappa shape index (κ3) is 5.62. The van der Waals surface area contributed by atoms with E-state index in [1.165, 1.54) is 12.7 Å². The number of methoxy groups -OCH3 is 1. The number of carbonyl (C=O) groups is 2. The molecule has 0 spiro atoms. The zero-order chi connectivity index (χ0) is 21.3. The second kappa shape index (κ2) is 10.8. The van der Waals surface area contributed by atoms with Crippen molar-refractivity contribution < 1.29 is 14.3 Å². The average molecular weight is 409 g/mol. The molecule has 1 heterocycles. The third-order valence-corrected chi connectivity index (χ3v) is 5.71. The molecule has 160 valence electrons. The summed E-state index contributed by atoms with van der Waals surface area (Å²) >= 11 is 0. The van der Waals surface area contributed by atoms with Gasteiger partial charge in [-0.05, 0) is 37.5 Å². The molecule has 1 atom stereocenters. The summed E-state index contributed by atoms with van der Waals surface area (Å²) in [7, 11) is 1.43. The number of nitrogens with zero attached hydrogens (tertiary/aromatic N) is 2. The highest BCUT2D eigenvalue weighted by Gasteiger charge is 2.38. The lowest BCUT2D eigenvalue weighted by Gasteiger charge is -2.23. The Morgan fingerprint density at radius 3 is 2.33 bits per heavy atom. The molecule has 2 aromatic rings. The Morgan fingerprint density at radius 2 is 1.63 bits per heavy atom. The summed E-state index contributed by atoms with van der Waals surface area (Å²) in [6.07, 6.45) is 5.49. The zero-order valence-electron chi connectivity index (χ0n) is 18.0. The fourth-order valence-corrected chi connectivity index (χ4v) is 3.97. The standard InChI is InChI=1S/C25H32N2O3/c1-20-14-16-22(17-15-20)27-23(21-11-7-6-8-12-21)19-26(25(27)29)18-10-5-3-4-9-13-24(28)30-2/h6-8,11-12,14-17,23H,3-5,9-10,13,18-19H2,1-2H3. The first-order chi connectivity index (χ1) is 14.6. The summed E-state index contributed by atoms with van der Waals surface area (Å²) in [4.78, 5) is 28.3. The summed E-state index contributed by atoms with van der Waals surface area (Å²) < 4.78 is 4.67. The predicted molar refractivity (Wildman–Crippen MR) is 120 cm³/mol. The highest BCUT2D eigenvalue weighted by molar-refractivity contribution is 5.95. The summed E-state index contributed by atoms with van der Waals surface area (Å²) in [5.74, 6) is -0.138. The van der Waals surface area contributed by atoms with Crippen LogP contribution in [0.25, 0.3) is 0 Å². The van der Waals surface area contributed by atoms with Crippen LogP contribution < -0.4 is 4.90 Å². The number of anilines is 1. The van der Waals surface area contributed by atoms with Crippen molar-refractivity contribution in [1.82, 2.24) is 4.90 Å². The molecule has 0 radical (unpaired) electrons. The Labute approximate surface area is 179 Å². The number of carbonyl (C=O) groups excluding carboxylic acids is 2. The van der Waals surface area contributed by atoms with Gasteiger partial charge in [-0.1, -0.05) is 67.3 Å². The van der Waals surface area contributed by atoms with Crippen molar-refractivity contribution in [3.8, 4) is 0 Å². The van der Waals surface area contributed by atoms with Gasteiger partial charge in [0.2, 0.25) is 0 Å². The van der Waals surface area contributed by atoms with Gasteiger partial charge in [0, 0.05) is 25.2 Å². The second-order valence-corrected chi connectivity index (χ2v) is 7.95. The van der Waals surface area contributed by atoms with Crippen molar-refractivity contribution in [1.29, 1.82) is 0 Å². The summed E-state index contributed by atoms with van der Waals surface area (Å²) in [5, 5.41) is 0. The average Bonchev–Trinajstić information content (AvgIpc) is 3.10. The van der Waals surface area contributed by atoms with Crippen molar-refractivity contribution in [3.63, 3.8) is 0 Å². The van der Waals surface area contributed by atoms with Crippen LogP contribution >= 0.6 is 0 Å². The van der Waals surface area contributed by atoms with Crippen molar-refractivity contribution >= 4 is 17.7 Å². The minimum Gasteiger partial charge on any atom is -0.469 e. The van der Waals surface area contributed by atoms with Gasteiger partial charge in [0.25, 0.3) is 0 Å². The smallest absolute Gasteiger partial charge is 0.325 e. The molecular weight excluding hydrogens is 376 g/mol. The van der Waals surface area contributed by atoms with Crippen LogP contribution in [0.15, 0.2) is 54.6 Å². The van der Waals surface area contributed by atoms with Crippen LogP contribution in [0.3, 0.4) is 0 Å². The molecule has 1 fully saturated rings. The lowest BCUT2D eigenvalue weighted by molar-refractivity contribution is -0.140. The number of amides is 2. The van der Waals surface area contributed by atoms with Crippen molar-refractivity contribution in [3.05, 3.63) is 65.7 Å². The van der Waals surface area contributed by atoms with E-state index in [-0.39, 0.29) is 18.0 Å². The van der Waals surface area contributed by atoms with Gasteiger partial charge < -0.3 is 9.64 Å². The van der Waals surface area contributed by atoms with Gasteiger partial charge in [-0.25, -0.2) is 4.79 Å². The Morgan fingerprint density at radius 1 is 0.967 bits per heavy atom. The number of esters is 1. The number of hydrogen-bond donors (Lipinski definition) is 0. The van der Waals surface area contributed by atoms with Crippen molar-refractivity contribution in [2.45, 2.75) is 51.5 Å². The molecule has 0 aromatic heterocycles. The first-order valence-corrected chi connectivity index (χ1v) is 10.9. The maximum atomic E-state index is 13.2. The predicted octanol–water partition coefficient (Wildman–Crippen LogP) is 5.49. The lowest BCUT2D eigenvalue weighted by Crippen LogP contribution is -2.33. The number of aryl methyl sites for hydroxylation is 1. The van der Waals surface area contributed by atoms with E-state index in [0.717, 1.165) is 49.9 Å². The van der Waals surface area contributed by atoms with Crippen LogP contribution in [0.4, 0.5) is 10.5 Å². The molecule has 5 nitrogen and oxygen atoms in total. The molecule has 1 unspecified atom stereocenters. The van der Waals surface area contributed by atoms with E-state index in [0.29, 0.717) is 13.0 Å². The van der Waals surface area contributed by atoms with Crippen LogP contribution in [0, 0.1) is 6.92 Å². The normalized spacial score (nSPS) is 16.2. The van der Waals surface area contributed by atoms with Crippen LogP contribution in [-0.4, -0.2) is 37.1 Å². The molecule has 3 rings (SSSR count). The van der Waals surface area contributed by atoms with E-state index in [1.807, 2.05) is 40.1 Å². The monoisotopic (exact) mass is 408 g/mol. The van der Waals surface area contributed by atoms with Crippen LogP contribution in [0.5, 0.6) is 0 Å². The maximum Gasteiger partial charge on any atom is 0.325 e. The van der Waals surface area contributed by atoms with Crippen LogP contribution in [0.1, 0.15) is 55.7 Å². The van der Waals surface area contributed by atoms with Crippen molar-refractivity contribution in [2.24, 2.45) is 0 Å². The minimum absolute atomic E-state index is 0.0291. The molecule has 0 N–H and O–H groups in total. The molecular formula is C25H32N2O3. The Balaban J connectivity index is 1.58. The number of benzene rings is 2. The quantitative estimate of drug-likeness (QED) is 0.386. The van der Waals surface area contributed by atoms with E-state index in [1.54, 1.807) is 0 Å². The van der Waals surface area contributed by atoms with Gasteiger partial charge in [-0.2, -0.15) is 0 Å². The summed E-state index contributed by atoms with van der Waals surface area (Å²) in [6, 6.07) is 18.6. The number of ether oxygens (including phenoxy) is 1. The lowest BCUT2D eigenvalue weighted by atomic mass is 10.1. The molecule has 1 aliphatic rings. The first kappa shape index (κ1) is 21.9. The van der Waals surface area contributed by atoms with Gasteiger partial charge >= 0.3 is 12.0 Å². The van der Waals surface area contributed by atoms with Gasteiger partial charge in [0.1, 0.15) is 0 Å². The molecule has 0 saturated carbocycles. The van der Waals surface area contributed by atoms with Gasteiger partial charge in [-0.3, -0.25) is 9.69 Å². The maximum absolute atomic E-state index is 13.2. The molecule has 0 bridgehead atoms. The molecule has 1 aliphatic heterocycles. The minimum atomic E-state index is -0.138. The van der Waals surface area contributed by atoms with Crippen molar-refractivity contribution in [2.75, 3.05) is 25.1 Å². The number of rotatable bonds is 10. The second-order valence-electron chi connectivity index (χ2n) is 7.95. The summed E-state index contributed by atoms with van der Waals surface area (Å²) in [5.41, 5.74) is 3.30. The van der Waals surface area contributed by atoms with E-state index >= 15 is 0 Å². The largest absolute Gasteiger partial charge is 0.469 e. The Hall–Kier alpha value is -2.82. The van der Waals surface area contributed by atoms with E-state index < -0.39 is 0 Å². The van der Waals surface area contributed by atoms with Crippen LogP contribution in [-0.2, 0) is 9.53 Å². The SMILES string of the molecule is COC(=O)CCCCCCCN1CC(c2ccccc2)N(c2ccc(C)cc2)C1=O. The number of hydrogen-bond acceptors (Lipinski definition) is 3. The number of urea groups is 1. The Kier molecular flexibility index (Phi) is 7.89. The molecule has 2 amide bonds. The van der Waals surface area contributed by atoms with E-state index in [2.05, 4.69) is 35.9 Å². The van der Waals surface area contributed by atoms with E-state index in [9.17, 15) is 9.59 Å². The highest BCUT2D eigenvalue weighted by atomic mass is 16.5. The molecule has 5 heteroatoms. The third-order valence-electron chi connectivity index (χ3n) is 5.71. The zero-order valence-corrected chi connectivity index (χ0v) is 18.0. The fourth-order valence-electron chi connectivity index (χ4n) is 3.97. The fraction of sp³-hybridized carbons (Fsp3) is 0.440. The molecule has 30 heavy (non-hydrogen) atoms. The van der Waals surface area contributed by atoms with Gasteiger partial charge in [0.05, 0.1) is 13.2 Å². The highest BCUT2D eigenvalue weighted by Crippen LogP contribution is 2.34. The summed E-state index contributed by atoms with van der Waals surface area (Å²) in [6.45, 7) is 3.53. The first-order valence-electron chi connectivity index (χ1n) is 10.9. The molecule has 0 aliphatic carbocycles. The van der Waals surface area contributed by atoms with Crippen LogP contribution in [0.2, 0.25) is 0 Å². The molecule has 1 saturated heterocycles.